The molecule has 15 heteroatoms. The molecule has 4 aliphatic rings. The summed E-state index contributed by atoms with van der Waals surface area (Å²) < 4.78 is 35.7. The summed E-state index contributed by atoms with van der Waals surface area (Å²) in [4.78, 5) is 42.5. The molecule has 9 rings (SSSR count). The molecule has 2 aromatic carbocycles. The van der Waals surface area contributed by atoms with Gasteiger partial charge in [-0.2, -0.15) is 0 Å². The number of hydrogen-bond donors (Lipinski definition) is 5. The highest BCUT2D eigenvalue weighted by molar-refractivity contribution is 7.90. The van der Waals surface area contributed by atoms with Crippen LogP contribution in [0.1, 0.15) is 98.7 Å². The molecular formula is C45H53N9O5S. The van der Waals surface area contributed by atoms with Gasteiger partial charge in [-0.3, -0.25) is 14.5 Å². The number of ether oxygens (including phenoxy) is 1. The third kappa shape index (κ3) is 7.99. The van der Waals surface area contributed by atoms with Crippen LogP contribution < -0.4 is 30.7 Å². The number of fused-ring (bicyclic) bond motifs is 1. The Morgan fingerprint density at radius 2 is 1.83 bits per heavy atom. The van der Waals surface area contributed by atoms with Gasteiger partial charge >= 0.3 is 0 Å². The number of aromatic nitrogens is 3. The number of nitrogens with zero attached hydrogens (tertiary/aromatic N) is 4. The lowest BCUT2D eigenvalue weighted by Gasteiger charge is -2.56. The van der Waals surface area contributed by atoms with E-state index < -0.39 is 15.9 Å². The normalized spacial score (nSPS) is 20.7. The molecule has 4 fully saturated rings. The van der Waals surface area contributed by atoms with Gasteiger partial charge in [0.1, 0.15) is 28.5 Å². The lowest BCUT2D eigenvalue weighted by molar-refractivity contribution is -0.119. The summed E-state index contributed by atoms with van der Waals surface area (Å²) in [5.74, 6) is 0.811. The summed E-state index contributed by atoms with van der Waals surface area (Å²) in [7, 11) is -4.35. The van der Waals surface area contributed by atoms with Crippen molar-refractivity contribution in [2.45, 2.75) is 94.2 Å². The van der Waals surface area contributed by atoms with Gasteiger partial charge < -0.3 is 31.0 Å². The van der Waals surface area contributed by atoms with Crippen LogP contribution in [0.15, 0.2) is 84.1 Å². The van der Waals surface area contributed by atoms with Crippen molar-refractivity contribution in [1.82, 2.24) is 29.9 Å². The topological polar surface area (TPSA) is 188 Å². The van der Waals surface area contributed by atoms with Gasteiger partial charge in [0.2, 0.25) is 5.91 Å². The van der Waals surface area contributed by atoms with E-state index in [1.807, 2.05) is 6.07 Å². The number of amides is 2. The second-order valence-corrected chi connectivity index (χ2v) is 19.0. The van der Waals surface area contributed by atoms with Crippen molar-refractivity contribution < 1.29 is 22.7 Å². The van der Waals surface area contributed by atoms with Crippen molar-refractivity contribution in [3.63, 3.8) is 0 Å². The molecule has 1 spiro atoms. The Hall–Kier alpha value is -5.67. The maximum atomic E-state index is 13.8. The van der Waals surface area contributed by atoms with Crippen LogP contribution in [0.3, 0.4) is 0 Å². The molecule has 1 aliphatic carbocycles. The third-order valence-electron chi connectivity index (χ3n) is 13.1. The van der Waals surface area contributed by atoms with Gasteiger partial charge in [0, 0.05) is 68.0 Å². The molecule has 1 unspecified atom stereocenters. The van der Waals surface area contributed by atoms with Crippen LogP contribution in [0.2, 0.25) is 0 Å². The molecule has 1 saturated carbocycles. The zero-order valence-electron chi connectivity index (χ0n) is 34.1. The predicted octanol–water partition coefficient (Wildman–Crippen LogP) is 6.85. The van der Waals surface area contributed by atoms with Gasteiger partial charge in [-0.25, -0.2) is 23.1 Å². The smallest absolute Gasteiger partial charge is 0.270 e. The third-order valence-corrected chi connectivity index (χ3v) is 14.4. The van der Waals surface area contributed by atoms with E-state index in [0.717, 1.165) is 37.9 Å². The quantitative estimate of drug-likeness (QED) is 0.0828. The van der Waals surface area contributed by atoms with E-state index in [0.29, 0.717) is 65.7 Å². The van der Waals surface area contributed by atoms with E-state index >= 15 is 0 Å². The molecule has 60 heavy (non-hydrogen) atoms. The van der Waals surface area contributed by atoms with E-state index in [2.05, 4.69) is 73.2 Å². The second kappa shape index (κ2) is 16.1. The molecule has 6 N–H and O–H groups in total. The maximum absolute atomic E-state index is 13.8. The highest BCUT2D eigenvalue weighted by Gasteiger charge is 2.50. The van der Waals surface area contributed by atoms with Crippen molar-refractivity contribution in [3.05, 3.63) is 95.9 Å². The van der Waals surface area contributed by atoms with E-state index in [-0.39, 0.29) is 33.8 Å². The van der Waals surface area contributed by atoms with Crippen molar-refractivity contribution in [1.29, 1.82) is 0 Å². The van der Waals surface area contributed by atoms with Crippen molar-refractivity contribution in [2.75, 3.05) is 42.1 Å². The molecule has 3 aromatic heterocycles. The van der Waals surface area contributed by atoms with Crippen LogP contribution in [-0.2, 0) is 14.8 Å². The summed E-state index contributed by atoms with van der Waals surface area (Å²) in [5, 5.41) is 6.87. The lowest BCUT2D eigenvalue weighted by atomic mass is 9.60. The number of likely N-dealkylation sites (tertiary alicyclic amines) is 1. The fraction of sp³-hybridized carbons (Fsp3) is 0.422. The second-order valence-electron chi connectivity index (χ2n) is 17.3. The number of anilines is 3. The predicted molar refractivity (Wildman–Crippen MR) is 232 cm³/mol. The average molecular weight is 832 g/mol. The number of aromatic amines is 1. The first kappa shape index (κ1) is 39.8. The largest absolute Gasteiger partial charge is 0.455 e. The van der Waals surface area contributed by atoms with Crippen molar-refractivity contribution >= 4 is 50.1 Å². The summed E-state index contributed by atoms with van der Waals surface area (Å²) in [6, 6.07) is 19.7. The molecule has 6 heterocycles. The zero-order valence-corrected chi connectivity index (χ0v) is 34.9. The van der Waals surface area contributed by atoms with E-state index in [9.17, 15) is 18.0 Å². The Bertz CT molecular complexity index is 2530. The van der Waals surface area contributed by atoms with E-state index in [1.165, 1.54) is 55.1 Å². The first-order valence-electron chi connectivity index (χ1n) is 21.1. The number of carbonyl (C=O) groups excluding carboxylic acids is 2. The van der Waals surface area contributed by atoms with Gasteiger partial charge in [0.05, 0.1) is 22.5 Å². The van der Waals surface area contributed by atoms with Crippen molar-refractivity contribution in [3.8, 4) is 11.5 Å². The average Bonchev–Trinajstić information content (AvgIpc) is 4.01. The zero-order chi connectivity index (χ0) is 41.6. The Kier molecular flexibility index (Phi) is 10.7. The molecule has 0 bridgehead atoms. The first-order chi connectivity index (χ1) is 28.9. The molecule has 314 valence electrons. The van der Waals surface area contributed by atoms with Crippen molar-refractivity contribution in [2.24, 2.45) is 5.41 Å². The number of nitrogen functional groups attached to an aromatic ring is 1. The van der Waals surface area contributed by atoms with Crippen LogP contribution in [0, 0.1) is 5.41 Å². The lowest BCUT2D eigenvalue weighted by Crippen LogP contribution is -2.55. The number of pyridine rings is 2. The van der Waals surface area contributed by atoms with Gasteiger partial charge in [0.15, 0.2) is 0 Å². The minimum Gasteiger partial charge on any atom is -0.455 e. The van der Waals surface area contributed by atoms with Crippen LogP contribution in [-0.4, -0.2) is 78.3 Å². The Morgan fingerprint density at radius 3 is 2.60 bits per heavy atom. The number of nitrogens with two attached hydrogens (primary N) is 1. The van der Waals surface area contributed by atoms with Crippen LogP contribution in [0.5, 0.6) is 11.5 Å². The van der Waals surface area contributed by atoms with Gasteiger partial charge in [0.25, 0.3) is 15.9 Å². The highest BCUT2D eigenvalue weighted by atomic mass is 32.2. The summed E-state index contributed by atoms with van der Waals surface area (Å²) >= 11 is 0. The number of rotatable bonds is 12. The standard InChI is InChI=1S/C45H53N9O5S/c1-28(2)34-6-3-4-7-35(34)39-8-5-17-54(39)31-23-45(24-31)14-18-53(19-15-45)41-22-40(59-32-20-29-13-16-47-43(29)50-26-32)36(27-49-41)44(56)52-60(57,58)33-10-11-38(37(46)21-33)48-25-30-9-12-42(55)51-30/h3-4,6-7,10-11,13,16,20-22,26-28,30-31,39,48H,5,8-9,12,14-15,17-19,23-25,46H2,1-2H3,(H,47,50)(H,51,55)(H,52,56)/t30?,39-/m0/s1. The highest BCUT2D eigenvalue weighted by Crippen LogP contribution is 2.54. The number of carbonyl (C=O) groups is 2. The molecule has 5 aromatic rings. The Morgan fingerprint density at radius 1 is 1.02 bits per heavy atom. The molecule has 2 atom stereocenters. The number of hydrogen-bond acceptors (Lipinski definition) is 11. The molecular weight excluding hydrogens is 779 g/mol. The molecule has 14 nitrogen and oxygen atoms in total. The summed E-state index contributed by atoms with van der Waals surface area (Å²) in [6.45, 7) is 7.82. The fourth-order valence-electron chi connectivity index (χ4n) is 9.82. The number of H-pyrrole nitrogens is 1. The molecule has 0 radical (unpaired) electrons. The number of nitrogens with one attached hydrogen (secondary N) is 4. The van der Waals surface area contributed by atoms with Crippen LogP contribution in [0.25, 0.3) is 11.0 Å². The van der Waals surface area contributed by atoms with Gasteiger partial charge in [-0.15, -0.1) is 0 Å². The monoisotopic (exact) mass is 831 g/mol. The van der Waals surface area contributed by atoms with Crippen LogP contribution >= 0.6 is 0 Å². The maximum Gasteiger partial charge on any atom is 0.270 e. The minimum atomic E-state index is -4.35. The Labute approximate surface area is 350 Å². The molecule has 3 saturated heterocycles. The summed E-state index contributed by atoms with van der Waals surface area (Å²) in [5.41, 5.74) is 10.9. The molecule has 2 amide bonds. The van der Waals surface area contributed by atoms with E-state index in [1.54, 1.807) is 30.6 Å². The number of sulfonamides is 1. The van der Waals surface area contributed by atoms with Gasteiger partial charge in [-0.05, 0) is 104 Å². The molecule has 3 aliphatic heterocycles. The number of benzene rings is 2. The first-order valence-corrected chi connectivity index (χ1v) is 22.6. The number of piperidine rings is 1. The summed E-state index contributed by atoms with van der Waals surface area (Å²) in [6.07, 6.45) is 12.9. The SMILES string of the molecule is CC(C)c1ccccc1[C@@H]1CCCN1C1CC2(CCN(c3cc(Oc4cnc5[nH]ccc5c4)c(C(=O)NS(=O)(=O)c4ccc(NCC5CCC(=O)N5)c(N)c4)cn3)CC2)C1. The minimum absolute atomic E-state index is 0.000840. The van der Waals surface area contributed by atoms with Gasteiger partial charge in [-0.1, -0.05) is 38.1 Å². The fourth-order valence-corrected chi connectivity index (χ4v) is 10.8. The van der Waals surface area contributed by atoms with Crippen LogP contribution in [0.4, 0.5) is 17.2 Å². The van der Waals surface area contributed by atoms with E-state index in [4.69, 9.17) is 15.5 Å². The Balaban J connectivity index is 0.890.